The molecule has 23 heavy (non-hydrogen) atoms. The number of ether oxygens (including phenoxy) is 1. The summed E-state index contributed by atoms with van der Waals surface area (Å²) in [4.78, 5) is 7.00. The molecule has 8 heteroatoms. The number of aromatic nitrogens is 2. The molecule has 0 bridgehead atoms. The highest BCUT2D eigenvalue weighted by Crippen LogP contribution is 2.27. The molecule has 1 atom stereocenters. The number of methoxy groups -OCH3 is 1. The van der Waals surface area contributed by atoms with Gasteiger partial charge in [-0.15, -0.1) is 10.2 Å². The Morgan fingerprint density at radius 2 is 2.04 bits per heavy atom. The van der Waals surface area contributed by atoms with Crippen molar-refractivity contribution in [1.82, 2.24) is 20.0 Å². The van der Waals surface area contributed by atoms with E-state index in [1.807, 2.05) is 0 Å². The molecule has 0 saturated carbocycles. The number of hydrogen-bond acceptors (Lipinski definition) is 8. The minimum atomic E-state index is -0.640. The van der Waals surface area contributed by atoms with Crippen LogP contribution in [0, 0.1) is 0 Å². The molecule has 1 unspecified atom stereocenters. The molecule has 2 saturated heterocycles. The molecule has 0 radical (unpaired) electrons. The molecular weight excluding hydrogens is 314 g/mol. The Morgan fingerprint density at radius 3 is 2.74 bits per heavy atom. The number of β-amino-alcohol motifs (C(OH)–C–C–N with tert-alkyl or cyclic N) is 1. The molecule has 0 aliphatic carbocycles. The summed E-state index contributed by atoms with van der Waals surface area (Å²) in [6.45, 7) is 8.31. The lowest BCUT2D eigenvalue weighted by molar-refractivity contribution is -0.0204. The van der Waals surface area contributed by atoms with Crippen LogP contribution in [0.15, 0.2) is 5.51 Å². The third-order valence-corrected chi connectivity index (χ3v) is 5.52. The van der Waals surface area contributed by atoms with E-state index < -0.39 is 5.60 Å². The van der Waals surface area contributed by atoms with Crippen LogP contribution in [0.4, 0.5) is 5.13 Å². The predicted molar refractivity (Wildman–Crippen MR) is 91.1 cm³/mol. The average molecular weight is 341 g/mol. The maximum absolute atomic E-state index is 11.0. The Hall–Kier alpha value is -0.800. The first-order chi connectivity index (χ1) is 11.2. The smallest absolute Gasteiger partial charge is 0.208 e. The van der Waals surface area contributed by atoms with Gasteiger partial charge in [0.2, 0.25) is 5.13 Å². The fraction of sp³-hybridized carbons (Fsp3) is 0.867. The van der Waals surface area contributed by atoms with Crippen LogP contribution in [0.3, 0.4) is 0 Å². The van der Waals surface area contributed by atoms with Gasteiger partial charge < -0.3 is 14.7 Å². The number of piperazine rings is 1. The first kappa shape index (κ1) is 17.0. The van der Waals surface area contributed by atoms with E-state index in [0.29, 0.717) is 6.54 Å². The molecule has 3 rings (SSSR count). The summed E-state index contributed by atoms with van der Waals surface area (Å²) in [6, 6.07) is 0. The summed E-state index contributed by atoms with van der Waals surface area (Å²) in [5.41, 5.74) is 1.11. The van der Waals surface area contributed by atoms with E-state index in [9.17, 15) is 5.11 Å². The van der Waals surface area contributed by atoms with Crippen LogP contribution in [0.2, 0.25) is 0 Å². The molecule has 0 spiro atoms. The third-order valence-electron chi connectivity index (χ3n) is 4.77. The quantitative estimate of drug-likeness (QED) is 0.789. The van der Waals surface area contributed by atoms with Gasteiger partial charge in [-0.05, 0) is 12.8 Å². The molecule has 2 aliphatic rings. The summed E-state index contributed by atoms with van der Waals surface area (Å²) < 4.78 is 5.15. The molecule has 1 aromatic rings. The number of rotatable bonds is 6. The van der Waals surface area contributed by atoms with Gasteiger partial charge in [0.15, 0.2) is 0 Å². The van der Waals surface area contributed by atoms with Crippen LogP contribution in [-0.4, -0.2) is 96.8 Å². The lowest BCUT2D eigenvalue weighted by Crippen LogP contribution is -2.57. The van der Waals surface area contributed by atoms with Crippen molar-refractivity contribution in [1.29, 1.82) is 0 Å². The van der Waals surface area contributed by atoms with E-state index in [1.165, 1.54) is 0 Å². The fourth-order valence-corrected chi connectivity index (χ4v) is 4.11. The number of aliphatic hydroxyl groups is 1. The summed E-state index contributed by atoms with van der Waals surface area (Å²) in [6.07, 6.45) is 1.87. The van der Waals surface area contributed by atoms with Crippen LogP contribution in [-0.2, 0) is 4.74 Å². The minimum absolute atomic E-state index is 0.640. The Balaban J connectivity index is 1.49. The molecule has 2 fully saturated rings. The maximum atomic E-state index is 11.0. The van der Waals surface area contributed by atoms with E-state index in [2.05, 4.69) is 24.9 Å². The number of anilines is 1. The fourth-order valence-electron chi connectivity index (χ4n) is 3.52. The van der Waals surface area contributed by atoms with Crippen molar-refractivity contribution in [3.05, 3.63) is 5.51 Å². The first-order valence-corrected chi connectivity index (χ1v) is 9.24. The highest BCUT2D eigenvalue weighted by Gasteiger charge is 2.36. The van der Waals surface area contributed by atoms with Crippen molar-refractivity contribution in [2.75, 3.05) is 71.0 Å². The maximum Gasteiger partial charge on any atom is 0.208 e. The predicted octanol–water partition coefficient (Wildman–Crippen LogP) is 0.133. The molecule has 130 valence electrons. The summed E-state index contributed by atoms with van der Waals surface area (Å²) in [7, 11) is 1.75. The molecule has 0 amide bonds. The summed E-state index contributed by atoms with van der Waals surface area (Å²) in [5, 5.41) is 20.0. The van der Waals surface area contributed by atoms with Crippen molar-refractivity contribution >= 4 is 16.5 Å². The molecule has 0 aromatic carbocycles. The van der Waals surface area contributed by atoms with Crippen LogP contribution in [0.5, 0.6) is 0 Å². The highest BCUT2D eigenvalue weighted by atomic mass is 32.1. The van der Waals surface area contributed by atoms with Gasteiger partial charge in [-0.2, -0.15) is 0 Å². The van der Waals surface area contributed by atoms with E-state index >= 15 is 0 Å². The Labute approximate surface area is 141 Å². The first-order valence-electron chi connectivity index (χ1n) is 8.36. The standard InChI is InChI=1S/C15H27N5O2S/c1-22-10-9-18-5-7-19(8-6-18)11-15(21)3-2-4-20(12-15)14-17-16-13-23-14/h13,21H,2-12H2,1H3. The number of hydrogen-bond donors (Lipinski definition) is 1. The number of nitrogens with zero attached hydrogens (tertiary/aromatic N) is 5. The van der Waals surface area contributed by atoms with Gasteiger partial charge in [0.1, 0.15) is 5.51 Å². The Bertz CT molecular complexity index is 466. The molecule has 3 heterocycles. The van der Waals surface area contributed by atoms with Crippen LogP contribution < -0.4 is 4.90 Å². The van der Waals surface area contributed by atoms with E-state index in [-0.39, 0.29) is 0 Å². The van der Waals surface area contributed by atoms with Crippen molar-refractivity contribution in [2.24, 2.45) is 0 Å². The van der Waals surface area contributed by atoms with Crippen molar-refractivity contribution in [3.63, 3.8) is 0 Å². The normalized spacial score (nSPS) is 27.5. The summed E-state index contributed by atoms with van der Waals surface area (Å²) in [5.74, 6) is 0. The van der Waals surface area contributed by atoms with Crippen molar-refractivity contribution in [2.45, 2.75) is 18.4 Å². The molecule has 7 nitrogen and oxygen atoms in total. The molecule has 1 N–H and O–H groups in total. The SMILES string of the molecule is COCCN1CCN(CC2(O)CCCN(c3nncs3)C2)CC1. The van der Waals surface area contributed by atoms with Crippen LogP contribution >= 0.6 is 11.3 Å². The van der Waals surface area contributed by atoms with Crippen LogP contribution in [0.25, 0.3) is 0 Å². The highest BCUT2D eigenvalue weighted by molar-refractivity contribution is 7.13. The van der Waals surface area contributed by atoms with Gasteiger partial charge in [0.05, 0.1) is 18.8 Å². The average Bonchev–Trinajstić information content (AvgIpc) is 3.08. The molecule has 1 aromatic heterocycles. The van der Waals surface area contributed by atoms with Gasteiger partial charge in [-0.25, -0.2) is 0 Å². The zero-order chi connectivity index (χ0) is 16.1. The van der Waals surface area contributed by atoms with Gasteiger partial charge >= 0.3 is 0 Å². The lowest BCUT2D eigenvalue weighted by Gasteiger charge is -2.43. The largest absolute Gasteiger partial charge is 0.387 e. The second kappa shape index (κ2) is 7.85. The Kier molecular flexibility index (Phi) is 5.81. The third kappa shape index (κ3) is 4.60. The van der Waals surface area contributed by atoms with E-state index in [1.54, 1.807) is 24.0 Å². The molecule has 2 aliphatic heterocycles. The second-order valence-corrected chi connectivity index (χ2v) is 7.39. The summed E-state index contributed by atoms with van der Waals surface area (Å²) >= 11 is 1.54. The van der Waals surface area contributed by atoms with Gasteiger partial charge in [0.25, 0.3) is 0 Å². The van der Waals surface area contributed by atoms with Gasteiger partial charge in [-0.3, -0.25) is 9.80 Å². The van der Waals surface area contributed by atoms with Gasteiger partial charge in [-0.1, -0.05) is 11.3 Å². The topological polar surface area (TPSA) is 65.0 Å². The molecular formula is C15H27N5O2S. The minimum Gasteiger partial charge on any atom is -0.387 e. The second-order valence-electron chi connectivity index (χ2n) is 6.58. The Morgan fingerprint density at radius 1 is 1.26 bits per heavy atom. The zero-order valence-corrected chi connectivity index (χ0v) is 14.7. The van der Waals surface area contributed by atoms with E-state index in [0.717, 1.165) is 70.4 Å². The van der Waals surface area contributed by atoms with Crippen molar-refractivity contribution < 1.29 is 9.84 Å². The van der Waals surface area contributed by atoms with Crippen molar-refractivity contribution in [3.8, 4) is 0 Å². The van der Waals surface area contributed by atoms with E-state index in [4.69, 9.17) is 4.74 Å². The van der Waals surface area contributed by atoms with Crippen LogP contribution in [0.1, 0.15) is 12.8 Å². The zero-order valence-electron chi connectivity index (χ0n) is 13.9. The number of piperidine rings is 1. The van der Waals surface area contributed by atoms with Gasteiger partial charge in [0, 0.05) is 52.9 Å². The lowest BCUT2D eigenvalue weighted by atomic mass is 9.92. The monoisotopic (exact) mass is 341 g/mol.